The molecule has 0 aromatic carbocycles. The van der Waals surface area contributed by atoms with Crippen LogP contribution in [-0.2, 0) is 14.3 Å². The number of aliphatic hydroxyl groups is 2. The van der Waals surface area contributed by atoms with Gasteiger partial charge in [-0.15, -0.1) is 0 Å². The summed E-state index contributed by atoms with van der Waals surface area (Å²) >= 11 is 0. The van der Waals surface area contributed by atoms with Gasteiger partial charge in [-0.2, -0.15) is 0 Å². The number of ether oxygens (including phenoxy) is 1. The summed E-state index contributed by atoms with van der Waals surface area (Å²) in [5, 5.41) is 23.8. The molecule has 0 spiro atoms. The minimum Gasteiger partial charge on any atom is -0.462 e. The fourth-order valence-electron chi connectivity index (χ4n) is 8.04. The lowest BCUT2D eigenvalue weighted by molar-refractivity contribution is -0.151. The summed E-state index contributed by atoms with van der Waals surface area (Å²) in [6.45, 7) is 6.35. The van der Waals surface area contributed by atoms with Crippen molar-refractivity contribution in [2.45, 2.75) is 277 Å². The van der Waals surface area contributed by atoms with Gasteiger partial charge in [-0.3, -0.25) is 9.59 Å². The van der Waals surface area contributed by atoms with Gasteiger partial charge in [0.1, 0.15) is 6.10 Å². The zero-order valence-corrected chi connectivity index (χ0v) is 43.3. The predicted molar refractivity (Wildman–Crippen MR) is 287 cm³/mol. The van der Waals surface area contributed by atoms with Gasteiger partial charge < -0.3 is 20.3 Å². The van der Waals surface area contributed by atoms with Gasteiger partial charge in [0, 0.05) is 6.42 Å². The topological polar surface area (TPSA) is 95.9 Å². The first-order chi connectivity index (χ1) is 32.5. The van der Waals surface area contributed by atoms with E-state index in [0.29, 0.717) is 19.3 Å². The van der Waals surface area contributed by atoms with Crippen molar-refractivity contribution in [1.29, 1.82) is 0 Å². The Morgan fingerprint density at radius 3 is 1.35 bits per heavy atom. The highest BCUT2D eigenvalue weighted by atomic mass is 16.5. The normalized spacial score (nSPS) is 13.8. The van der Waals surface area contributed by atoms with Crippen LogP contribution in [0, 0.1) is 0 Å². The van der Waals surface area contributed by atoms with Gasteiger partial charge in [0.15, 0.2) is 0 Å². The van der Waals surface area contributed by atoms with E-state index in [1.807, 2.05) is 0 Å². The minimum absolute atomic E-state index is 0.0288. The van der Waals surface area contributed by atoms with Crippen LogP contribution < -0.4 is 5.32 Å². The molecule has 0 aliphatic heterocycles. The first kappa shape index (κ1) is 63.0. The maximum absolute atomic E-state index is 13.2. The lowest BCUT2D eigenvalue weighted by atomic mass is 10.0. The van der Waals surface area contributed by atoms with E-state index in [9.17, 15) is 19.8 Å². The maximum Gasteiger partial charge on any atom is 0.306 e. The van der Waals surface area contributed by atoms with Crippen molar-refractivity contribution in [3.05, 3.63) is 85.1 Å². The summed E-state index contributed by atoms with van der Waals surface area (Å²) in [6.07, 6.45) is 69.3. The zero-order valence-electron chi connectivity index (χ0n) is 43.3. The molecule has 6 nitrogen and oxygen atoms in total. The summed E-state index contributed by atoms with van der Waals surface area (Å²) in [6, 6.07) is -0.727. The number of aliphatic hydroxyl groups excluding tert-OH is 2. The Morgan fingerprint density at radius 1 is 0.470 bits per heavy atom. The number of allylic oxidation sites excluding steroid dienone is 14. The van der Waals surface area contributed by atoms with Crippen molar-refractivity contribution in [3.63, 3.8) is 0 Å². The number of amides is 1. The monoisotopic (exact) mass is 920 g/mol. The van der Waals surface area contributed by atoms with Crippen LogP contribution in [0.15, 0.2) is 85.1 Å². The molecule has 0 aromatic rings. The molecule has 0 radical (unpaired) electrons. The standard InChI is InChI=1S/C60H105NO5/c1-4-7-10-13-16-19-22-25-27-29-31-33-35-38-41-44-47-50-53-60(65)66-56(51-48-45-42-39-36-34-32-30-28-26-23-20-17-14-11-8-5-2)54-59(64)61-57(55-62)58(63)52-49-46-43-40-37-24-21-18-15-12-9-6-3/h8,11,17,20,26-29,31-34,39,42,56-58,62-63H,4-7,9-10,12-16,18-19,21-25,30,35-38,40-41,43-55H2,1-3H3,(H,61,64)/b11-8-,20-17-,28-26-,29-27+,33-31+,34-32-,42-39-. The summed E-state index contributed by atoms with van der Waals surface area (Å²) in [5.41, 5.74) is 0. The smallest absolute Gasteiger partial charge is 0.306 e. The van der Waals surface area contributed by atoms with Crippen molar-refractivity contribution >= 4 is 11.9 Å². The summed E-state index contributed by atoms with van der Waals surface area (Å²) in [7, 11) is 0. The zero-order chi connectivity index (χ0) is 48.1. The predicted octanol–water partition coefficient (Wildman–Crippen LogP) is 17.1. The number of hydrogen-bond acceptors (Lipinski definition) is 5. The summed E-state index contributed by atoms with van der Waals surface area (Å²) in [5.74, 6) is -0.548. The summed E-state index contributed by atoms with van der Waals surface area (Å²) in [4.78, 5) is 26.2. The molecule has 3 N–H and O–H groups in total. The van der Waals surface area contributed by atoms with Crippen LogP contribution in [0.4, 0.5) is 0 Å². The molecule has 3 unspecified atom stereocenters. The highest BCUT2D eigenvalue weighted by Crippen LogP contribution is 2.17. The lowest BCUT2D eigenvalue weighted by Gasteiger charge is -2.24. The van der Waals surface area contributed by atoms with Gasteiger partial charge in [-0.1, -0.05) is 241 Å². The van der Waals surface area contributed by atoms with Crippen LogP contribution in [0.5, 0.6) is 0 Å². The number of esters is 1. The van der Waals surface area contributed by atoms with Crippen molar-refractivity contribution in [1.82, 2.24) is 5.32 Å². The molecule has 0 aromatic heterocycles. The molecular formula is C60H105NO5. The van der Waals surface area contributed by atoms with Crippen LogP contribution in [0.3, 0.4) is 0 Å². The second-order valence-corrected chi connectivity index (χ2v) is 18.6. The third-order valence-corrected chi connectivity index (χ3v) is 12.2. The van der Waals surface area contributed by atoms with Crippen LogP contribution in [0.25, 0.3) is 0 Å². The largest absolute Gasteiger partial charge is 0.462 e. The second kappa shape index (κ2) is 53.0. The van der Waals surface area contributed by atoms with Crippen molar-refractivity contribution < 1.29 is 24.5 Å². The van der Waals surface area contributed by atoms with E-state index in [4.69, 9.17) is 4.74 Å². The number of nitrogens with one attached hydrogen (secondary N) is 1. The lowest BCUT2D eigenvalue weighted by Crippen LogP contribution is -2.46. The number of unbranched alkanes of at least 4 members (excludes halogenated alkanes) is 24. The van der Waals surface area contributed by atoms with E-state index >= 15 is 0 Å². The molecule has 0 rings (SSSR count). The van der Waals surface area contributed by atoms with Crippen LogP contribution in [-0.4, -0.2) is 46.9 Å². The quantitative estimate of drug-likeness (QED) is 0.0245. The van der Waals surface area contributed by atoms with Crippen LogP contribution in [0.2, 0.25) is 0 Å². The molecule has 6 heteroatoms. The van der Waals surface area contributed by atoms with Crippen molar-refractivity contribution in [2.24, 2.45) is 0 Å². The highest BCUT2D eigenvalue weighted by molar-refractivity contribution is 5.77. The fraction of sp³-hybridized carbons (Fsp3) is 0.733. The Kier molecular flexibility index (Phi) is 50.6. The van der Waals surface area contributed by atoms with Gasteiger partial charge in [0.2, 0.25) is 5.91 Å². The Labute approximate surface area is 408 Å². The van der Waals surface area contributed by atoms with E-state index in [1.165, 1.54) is 109 Å². The van der Waals surface area contributed by atoms with E-state index in [-0.39, 0.29) is 24.9 Å². The molecule has 0 saturated heterocycles. The molecule has 66 heavy (non-hydrogen) atoms. The molecule has 3 atom stereocenters. The van der Waals surface area contributed by atoms with Gasteiger partial charge >= 0.3 is 5.97 Å². The third-order valence-electron chi connectivity index (χ3n) is 12.2. The molecule has 0 bridgehead atoms. The number of hydrogen-bond donors (Lipinski definition) is 3. The van der Waals surface area contributed by atoms with Crippen molar-refractivity contribution in [3.8, 4) is 0 Å². The molecule has 0 saturated carbocycles. The molecule has 380 valence electrons. The minimum atomic E-state index is -0.809. The van der Waals surface area contributed by atoms with E-state index < -0.39 is 18.2 Å². The molecule has 0 heterocycles. The number of rotatable bonds is 49. The first-order valence-corrected chi connectivity index (χ1v) is 27.8. The average Bonchev–Trinajstić information content (AvgIpc) is 3.31. The van der Waals surface area contributed by atoms with Gasteiger partial charge in [-0.25, -0.2) is 0 Å². The molecule has 0 aliphatic rings. The molecule has 1 amide bonds. The van der Waals surface area contributed by atoms with Crippen LogP contribution >= 0.6 is 0 Å². The number of carbonyl (C=O) groups excluding carboxylic acids is 2. The Bertz CT molecular complexity index is 1260. The molecule has 0 aliphatic carbocycles. The van der Waals surface area contributed by atoms with E-state index in [1.54, 1.807) is 0 Å². The first-order valence-electron chi connectivity index (χ1n) is 27.8. The van der Waals surface area contributed by atoms with Gasteiger partial charge in [0.05, 0.1) is 25.2 Å². The van der Waals surface area contributed by atoms with E-state index in [0.717, 1.165) is 103 Å². The average molecular weight is 921 g/mol. The van der Waals surface area contributed by atoms with Crippen molar-refractivity contribution in [2.75, 3.05) is 6.61 Å². The Balaban J connectivity index is 4.71. The molecule has 0 fully saturated rings. The van der Waals surface area contributed by atoms with Gasteiger partial charge in [0.25, 0.3) is 0 Å². The second-order valence-electron chi connectivity index (χ2n) is 18.6. The Morgan fingerprint density at radius 2 is 0.879 bits per heavy atom. The van der Waals surface area contributed by atoms with Gasteiger partial charge in [-0.05, 0) is 89.9 Å². The number of carbonyl (C=O) groups is 2. The summed E-state index contributed by atoms with van der Waals surface area (Å²) < 4.78 is 5.92. The third kappa shape index (κ3) is 47.5. The van der Waals surface area contributed by atoms with Crippen LogP contribution in [0.1, 0.15) is 258 Å². The SMILES string of the molecule is CC/C=C\C/C=C\C/C=C\C/C=C\C/C=C\CCCC(CC(=O)NC(CO)C(O)CCCCCCCCCCCCCC)OC(=O)CCCCCCC/C=C/C=C/CCCCCCCCC. The fourth-order valence-corrected chi connectivity index (χ4v) is 8.04. The molecular weight excluding hydrogens is 815 g/mol. The van der Waals surface area contributed by atoms with E-state index in [2.05, 4.69) is 111 Å². The Hall–Kier alpha value is -2.96. The highest BCUT2D eigenvalue weighted by Gasteiger charge is 2.24. The maximum atomic E-state index is 13.2.